The van der Waals surface area contributed by atoms with Crippen LogP contribution in [0.5, 0.6) is 0 Å². The Kier molecular flexibility index (Phi) is 36.4. The molecule has 0 amide bonds. The van der Waals surface area contributed by atoms with E-state index in [0.717, 1.165) is 70.6 Å². The first-order valence-electron chi connectivity index (χ1n) is 20.6. The number of aliphatic hydroxyl groups excluding tert-OH is 2. The van der Waals surface area contributed by atoms with E-state index in [0.29, 0.717) is 32.1 Å². The normalized spacial score (nSPS) is 15.2. The lowest BCUT2D eigenvalue weighted by atomic mass is 10.0. The van der Waals surface area contributed by atoms with E-state index < -0.39 is 44.7 Å². The number of carbonyl (C=O) groups excluding carboxylic acids is 2. The fraction of sp³-hybridized carbons (Fsp3) is 0.674. The van der Waals surface area contributed by atoms with Crippen molar-refractivity contribution in [3.8, 4) is 0 Å². The number of hydrogen-bond donors (Lipinski definition) is 4. The van der Waals surface area contributed by atoms with Gasteiger partial charge in [0.25, 0.3) is 0 Å². The summed E-state index contributed by atoms with van der Waals surface area (Å²) >= 11 is 0. The Balaban J connectivity index is 4.42. The number of hydrogen-bond acceptors (Lipinski definition) is 10. The number of aliphatic hydroxyl groups is 2. The Hall–Kier alpha value is -2.63. The molecule has 0 saturated carbocycles. The maximum absolute atomic E-state index is 12.5. The molecule has 0 fully saturated rings. The minimum Gasteiger partial charge on any atom is -0.462 e. The summed E-state index contributed by atoms with van der Waals surface area (Å²) in [6.07, 6.45) is 38.2. The Morgan fingerprint density at radius 3 is 1.84 bits per heavy atom. The molecule has 0 aromatic rings. The summed E-state index contributed by atoms with van der Waals surface area (Å²) < 4.78 is 32.6. The molecule has 4 atom stereocenters. The Morgan fingerprint density at radius 2 is 1.20 bits per heavy atom. The molecule has 55 heavy (non-hydrogen) atoms. The topological polar surface area (TPSA) is 175 Å². The molecular weight excluding hydrogens is 721 g/mol. The van der Waals surface area contributed by atoms with Crippen LogP contribution in [0.25, 0.3) is 0 Å². The summed E-state index contributed by atoms with van der Waals surface area (Å²) in [7, 11) is -4.43. The van der Waals surface area contributed by atoms with Crippen LogP contribution in [0, 0.1) is 0 Å². The van der Waals surface area contributed by atoms with Crippen molar-refractivity contribution in [2.75, 3.05) is 26.4 Å². The summed E-state index contributed by atoms with van der Waals surface area (Å²) in [5.74, 6) is -1.02. The summed E-state index contributed by atoms with van der Waals surface area (Å²) in [6.45, 7) is 3.29. The standard InChI is InChI=1S/C43H74NO10P/c1-3-5-7-9-11-12-13-14-15-16-17-18-19-20-21-25-30-34-43(48)54-39(38-53-55(49,50)52-36-35-44)37-51-42(47)33-29-26-22-24-28-32-41(46)40(45)31-27-23-10-8-6-4-2/h5,7,11-12,14-15,17-18,20-21,23,27,39-41,45-46H,3-4,6,8-10,13,16,19,22,24-26,28-38,44H2,1-2H3,(H,49,50)/b7-5-,12-11-,15-14-,18-17-,21-20-,27-23-/t39-,40-,41-/m1/s1. The fourth-order valence-corrected chi connectivity index (χ4v) is 5.87. The first kappa shape index (κ1) is 52.4. The van der Waals surface area contributed by atoms with Crippen LogP contribution in [-0.2, 0) is 32.7 Å². The van der Waals surface area contributed by atoms with Crippen LogP contribution in [0.1, 0.15) is 142 Å². The second-order valence-corrected chi connectivity index (χ2v) is 14.9. The molecular formula is C43H74NO10P. The van der Waals surface area contributed by atoms with Gasteiger partial charge in [-0.2, -0.15) is 0 Å². The molecule has 0 aromatic heterocycles. The largest absolute Gasteiger partial charge is 0.472 e. The second kappa shape index (κ2) is 38.3. The lowest BCUT2D eigenvalue weighted by Crippen LogP contribution is -2.29. The summed E-state index contributed by atoms with van der Waals surface area (Å²) in [6, 6.07) is 0. The van der Waals surface area contributed by atoms with Crippen molar-refractivity contribution in [3.05, 3.63) is 72.9 Å². The molecule has 0 heterocycles. The van der Waals surface area contributed by atoms with E-state index in [1.165, 1.54) is 12.8 Å². The number of carbonyl (C=O) groups is 2. The highest BCUT2D eigenvalue weighted by Crippen LogP contribution is 2.43. The van der Waals surface area contributed by atoms with E-state index in [4.69, 9.17) is 24.3 Å². The van der Waals surface area contributed by atoms with Crippen molar-refractivity contribution >= 4 is 19.8 Å². The highest BCUT2D eigenvalue weighted by atomic mass is 31.2. The third-order valence-electron chi connectivity index (χ3n) is 8.28. The number of allylic oxidation sites excluding steroid dienone is 11. The molecule has 0 bridgehead atoms. The van der Waals surface area contributed by atoms with E-state index in [1.54, 1.807) is 0 Å². The van der Waals surface area contributed by atoms with Gasteiger partial charge in [0.2, 0.25) is 0 Å². The van der Waals surface area contributed by atoms with Gasteiger partial charge in [0, 0.05) is 19.4 Å². The second-order valence-electron chi connectivity index (χ2n) is 13.4. The van der Waals surface area contributed by atoms with Gasteiger partial charge in [0.15, 0.2) is 6.10 Å². The average Bonchev–Trinajstić information content (AvgIpc) is 3.17. The van der Waals surface area contributed by atoms with E-state index >= 15 is 0 Å². The molecule has 0 radical (unpaired) electrons. The molecule has 0 spiro atoms. The fourth-order valence-electron chi connectivity index (χ4n) is 5.10. The zero-order valence-electron chi connectivity index (χ0n) is 33.9. The van der Waals surface area contributed by atoms with E-state index in [9.17, 15) is 29.3 Å². The van der Waals surface area contributed by atoms with Crippen LogP contribution in [0.3, 0.4) is 0 Å². The molecule has 0 aliphatic carbocycles. The van der Waals surface area contributed by atoms with E-state index in [1.807, 2.05) is 18.2 Å². The maximum Gasteiger partial charge on any atom is 0.472 e. The minimum absolute atomic E-state index is 0.0179. The van der Waals surface area contributed by atoms with Crippen LogP contribution in [0.15, 0.2) is 72.9 Å². The molecule has 0 aliphatic rings. The molecule has 12 heteroatoms. The Labute approximate surface area is 332 Å². The van der Waals surface area contributed by atoms with Gasteiger partial charge >= 0.3 is 19.8 Å². The number of ether oxygens (including phenoxy) is 2. The average molecular weight is 796 g/mol. The number of phosphoric ester groups is 1. The van der Waals surface area contributed by atoms with Gasteiger partial charge in [-0.3, -0.25) is 18.6 Å². The van der Waals surface area contributed by atoms with E-state index in [-0.39, 0.29) is 32.6 Å². The predicted octanol–water partition coefficient (Wildman–Crippen LogP) is 9.43. The SMILES string of the molecule is CC/C=C\C/C=C\C/C=C\C/C=C\C/C=C\CCCC(=O)O[C@H](COC(=O)CCCCCCC[C@@H](O)[C@H](O)C/C=C\CCCCC)COP(=O)(O)OCCN. The third-order valence-corrected chi connectivity index (χ3v) is 9.26. The van der Waals surface area contributed by atoms with Gasteiger partial charge in [-0.25, -0.2) is 4.57 Å². The molecule has 316 valence electrons. The van der Waals surface area contributed by atoms with Gasteiger partial charge in [0.1, 0.15) is 6.61 Å². The molecule has 0 aliphatic heterocycles. The molecule has 0 rings (SSSR count). The lowest BCUT2D eigenvalue weighted by Gasteiger charge is -2.19. The van der Waals surface area contributed by atoms with Gasteiger partial charge < -0.3 is 30.3 Å². The molecule has 1 unspecified atom stereocenters. The Bertz CT molecular complexity index is 1170. The van der Waals surface area contributed by atoms with Crippen LogP contribution >= 0.6 is 7.82 Å². The number of rotatable bonds is 37. The summed E-state index contributed by atoms with van der Waals surface area (Å²) in [5, 5.41) is 20.4. The van der Waals surface area contributed by atoms with Gasteiger partial charge in [-0.1, -0.05) is 125 Å². The lowest BCUT2D eigenvalue weighted by molar-refractivity contribution is -0.161. The zero-order valence-corrected chi connectivity index (χ0v) is 34.7. The van der Waals surface area contributed by atoms with Crippen molar-refractivity contribution in [3.63, 3.8) is 0 Å². The van der Waals surface area contributed by atoms with Gasteiger partial charge in [-0.15, -0.1) is 0 Å². The van der Waals surface area contributed by atoms with Crippen LogP contribution in [0.2, 0.25) is 0 Å². The number of esters is 2. The minimum atomic E-state index is -4.43. The van der Waals surface area contributed by atoms with Crippen molar-refractivity contribution in [2.45, 2.75) is 161 Å². The predicted molar refractivity (Wildman–Crippen MR) is 222 cm³/mol. The number of phosphoric acid groups is 1. The van der Waals surface area contributed by atoms with E-state index in [2.05, 4.69) is 68.5 Å². The third kappa shape index (κ3) is 36.7. The smallest absolute Gasteiger partial charge is 0.462 e. The van der Waals surface area contributed by atoms with Crippen LogP contribution in [0.4, 0.5) is 0 Å². The van der Waals surface area contributed by atoms with Crippen molar-refractivity contribution in [1.29, 1.82) is 0 Å². The molecule has 0 aromatic carbocycles. The van der Waals surface area contributed by atoms with Crippen molar-refractivity contribution in [2.24, 2.45) is 5.73 Å². The highest BCUT2D eigenvalue weighted by molar-refractivity contribution is 7.47. The van der Waals surface area contributed by atoms with Crippen LogP contribution < -0.4 is 5.73 Å². The molecule has 0 saturated heterocycles. The van der Waals surface area contributed by atoms with Gasteiger partial charge in [0.05, 0.1) is 25.4 Å². The molecule has 11 nitrogen and oxygen atoms in total. The van der Waals surface area contributed by atoms with Crippen molar-refractivity contribution < 1.29 is 47.8 Å². The number of unbranched alkanes of at least 4 members (excludes halogenated alkanes) is 8. The monoisotopic (exact) mass is 796 g/mol. The quantitative estimate of drug-likeness (QED) is 0.0204. The summed E-state index contributed by atoms with van der Waals surface area (Å²) in [4.78, 5) is 34.8. The summed E-state index contributed by atoms with van der Waals surface area (Å²) in [5.41, 5.74) is 5.33. The Morgan fingerprint density at radius 1 is 0.636 bits per heavy atom. The number of nitrogens with two attached hydrogens (primary N) is 1. The first-order valence-corrected chi connectivity index (χ1v) is 22.1. The maximum atomic E-state index is 12.5. The zero-order chi connectivity index (χ0) is 40.7. The first-order chi connectivity index (χ1) is 26.6. The highest BCUT2D eigenvalue weighted by Gasteiger charge is 2.26. The van der Waals surface area contributed by atoms with Gasteiger partial charge in [-0.05, 0) is 77.0 Å². The molecule has 5 N–H and O–H groups in total. The van der Waals surface area contributed by atoms with Crippen LogP contribution in [-0.4, -0.2) is 71.7 Å². The van der Waals surface area contributed by atoms with Crippen molar-refractivity contribution in [1.82, 2.24) is 0 Å².